The highest BCUT2D eigenvalue weighted by molar-refractivity contribution is 7.93. The van der Waals surface area contributed by atoms with Crippen molar-refractivity contribution in [2.24, 2.45) is 0 Å². The minimum Gasteiger partial charge on any atom is -0.494 e. The quantitative estimate of drug-likeness (QED) is 0.787. The zero-order valence-electron chi connectivity index (χ0n) is 14.0. The third kappa shape index (κ3) is 4.54. The number of methoxy groups -OCH3 is 1. The predicted octanol–water partition coefficient (Wildman–Crippen LogP) is 2.17. The van der Waals surface area contributed by atoms with Crippen LogP contribution >= 0.6 is 0 Å². The van der Waals surface area contributed by atoms with E-state index < -0.39 is 20.0 Å². The third-order valence-corrected chi connectivity index (χ3v) is 7.07. The van der Waals surface area contributed by atoms with E-state index in [0.29, 0.717) is 36.5 Å². The lowest BCUT2D eigenvalue weighted by molar-refractivity contribution is 0.415. The topological polar surface area (TPSA) is 92.8 Å². The number of hydrogen-bond acceptors (Lipinski definition) is 5. The second-order valence-electron chi connectivity index (χ2n) is 5.76. The Kier molecular flexibility index (Phi) is 5.97. The molecule has 9 heteroatoms. The Bertz CT molecular complexity index is 775. The lowest BCUT2D eigenvalue weighted by atomic mass is 10.2. The molecule has 1 aromatic carbocycles. The summed E-state index contributed by atoms with van der Waals surface area (Å²) >= 11 is 0. The fraction of sp³-hybridized carbons (Fsp3) is 0.600. The molecule has 136 valence electrons. The van der Waals surface area contributed by atoms with E-state index in [2.05, 4.69) is 4.72 Å². The number of sulfonamides is 2. The Labute approximate surface area is 144 Å². The molecule has 1 aliphatic rings. The molecule has 24 heavy (non-hydrogen) atoms. The number of ether oxygens (including phenoxy) is 1. The van der Waals surface area contributed by atoms with Gasteiger partial charge < -0.3 is 4.74 Å². The van der Waals surface area contributed by atoms with Gasteiger partial charge in [-0.25, -0.2) is 16.8 Å². The van der Waals surface area contributed by atoms with Crippen molar-refractivity contribution in [2.45, 2.75) is 32.6 Å². The molecule has 1 fully saturated rings. The van der Waals surface area contributed by atoms with Crippen molar-refractivity contribution in [3.05, 3.63) is 18.2 Å². The highest BCUT2D eigenvalue weighted by Gasteiger charge is 2.28. The van der Waals surface area contributed by atoms with Gasteiger partial charge in [-0.15, -0.1) is 0 Å². The SMILES string of the molecule is CCCCS(=O)(=O)Nc1ccc(N2CCCCS2(=O)=O)c(OC)c1. The molecule has 0 spiro atoms. The van der Waals surface area contributed by atoms with E-state index in [4.69, 9.17) is 4.74 Å². The van der Waals surface area contributed by atoms with Crippen LogP contribution < -0.4 is 13.8 Å². The van der Waals surface area contributed by atoms with Gasteiger partial charge in [0.15, 0.2) is 0 Å². The summed E-state index contributed by atoms with van der Waals surface area (Å²) < 4.78 is 57.6. The van der Waals surface area contributed by atoms with Gasteiger partial charge in [0, 0.05) is 12.6 Å². The maximum Gasteiger partial charge on any atom is 0.235 e. The van der Waals surface area contributed by atoms with Gasteiger partial charge in [0.25, 0.3) is 0 Å². The largest absolute Gasteiger partial charge is 0.494 e. The number of rotatable bonds is 7. The smallest absolute Gasteiger partial charge is 0.235 e. The van der Waals surface area contributed by atoms with E-state index in [9.17, 15) is 16.8 Å². The molecule has 1 N–H and O–H groups in total. The van der Waals surface area contributed by atoms with Gasteiger partial charge in [0.05, 0.1) is 30.0 Å². The van der Waals surface area contributed by atoms with Crippen molar-refractivity contribution < 1.29 is 21.6 Å². The van der Waals surface area contributed by atoms with E-state index >= 15 is 0 Å². The van der Waals surface area contributed by atoms with Crippen molar-refractivity contribution in [1.29, 1.82) is 0 Å². The monoisotopic (exact) mass is 376 g/mol. The van der Waals surface area contributed by atoms with Crippen LogP contribution in [-0.4, -0.2) is 42.0 Å². The van der Waals surface area contributed by atoms with E-state index in [1.165, 1.54) is 17.5 Å². The second-order valence-corrected chi connectivity index (χ2v) is 9.61. The fourth-order valence-corrected chi connectivity index (χ4v) is 5.48. The van der Waals surface area contributed by atoms with Gasteiger partial charge in [0.1, 0.15) is 5.75 Å². The summed E-state index contributed by atoms with van der Waals surface area (Å²) in [5.41, 5.74) is 0.801. The molecule has 0 aromatic heterocycles. The number of unbranched alkanes of at least 4 members (excludes halogenated alkanes) is 1. The van der Waals surface area contributed by atoms with Gasteiger partial charge in [-0.1, -0.05) is 13.3 Å². The minimum atomic E-state index is -3.42. The normalized spacial score (nSPS) is 17.5. The van der Waals surface area contributed by atoms with Crippen LogP contribution in [0.3, 0.4) is 0 Å². The zero-order chi connectivity index (χ0) is 17.8. The first-order valence-electron chi connectivity index (χ1n) is 7.98. The van der Waals surface area contributed by atoms with E-state index in [-0.39, 0.29) is 11.5 Å². The Morgan fingerprint density at radius 3 is 2.67 bits per heavy atom. The molecule has 0 unspecified atom stereocenters. The first-order chi connectivity index (χ1) is 11.3. The number of nitrogens with zero attached hydrogens (tertiary/aromatic N) is 1. The molecular weight excluding hydrogens is 352 g/mol. The molecule has 0 saturated carbocycles. The maximum atomic E-state index is 12.2. The Balaban J connectivity index is 2.28. The molecule has 1 saturated heterocycles. The third-order valence-electron chi connectivity index (χ3n) is 3.84. The predicted molar refractivity (Wildman–Crippen MR) is 95.7 cm³/mol. The van der Waals surface area contributed by atoms with Gasteiger partial charge >= 0.3 is 0 Å². The summed E-state index contributed by atoms with van der Waals surface area (Å²) in [6.45, 7) is 2.33. The van der Waals surface area contributed by atoms with Crippen LogP contribution in [-0.2, 0) is 20.0 Å². The average molecular weight is 377 g/mol. The Hall–Kier alpha value is -1.48. The molecular formula is C15H24N2O5S2. The van der Waals surface area contributed by atoms with Crippen LogP contribution in [0.15, 0.2) is 18.2 Å². The van der Waals surface area contributed by atoms with Crippen LogP contribution in [0.1, 0.15) is 32.6 Å². The molecule has 0 aliphatic carbocycles. The molecule has 0 amide bonds. The van der Waals surface area contributed by atoms with Crippen molar-refractivity contribution in [3.8, 4) is 5.75 Å². The van der Waals surface area contributed by atoms with Gasteiger partial charge in [0.2, 0.25) is 20.0 Å². The highest BCUT2D eigenvalue weighted by atomic mass is 32.2. The molecule has 0 atom stereocenters. The van der Waals surface area contributed by atoms with Crippen molar-refractivity contribution >= 4 is 31.4 Å². The van der Waals surface area contributed by atoms with Crippen molar-refractivity contribution in [1.82, 2.24) is 0 Å². The first-order valence-corrected chi connectivity index (χ1v) is 11.2. The van der Waals surface area contributed by atoms with Crippen LogP contribution in [0.5, 0.6) is 5.75 Å². The summed E-state index contributed by atoms with van der Waals surface area (Å²) in [6.07, 6.45) is 2.80. The summed E-state index contributed by atoms with van der Waals surface area (Å²) in [4.78, 5) is 0. The molecule has 1 heterocycles. The second kappa shape index (κ2) is 7.60. The molecule has 0 bridgehead atoms. The Morgan fingerprint density at radius 1 is 1.29 bits per heavy atom. The Morgan fingerprint density at radius 2 is 2.04 bits per heavy atom. The first kappa shape index (κ1) is 18.9. The fourth-order valence-electron chi connectivity index (χ4n) is 2.57. The van der Waals surface area contributed by atoms with Gasteiger partial charge in [-0.2, -0.15) is 0 Å². The summed E-state index contributed by atoms with van der Waals surface area (Å²) in [7, 11) is -5.34. The number of benzene rings is 1. The lowest BCUT2D eigenvalue weighted by Gasteiger charge is -2.29. The summed E-state index contributed by atoms with van der Waals surface area (Å²) in [5, 5.41) is 0. The van der Waals surface area contributed by atoms with Crippen molar-refractivity contribution in [2.75, 3.05) is 34.2 Å². The van der Waals surface area contributed by atoms with Crippen LogP contribution in [0.4, 0.5) is 11.4 Å². The zero-order valence-corrected chi connectivity index (χ0v) is 15.6. The number of hydrogen-bond donors (Lipinski definition) is 1. The van der Waals surface area contributed by atoms with E-state index in [1.54, 1.807) is 12.1 Å². The van der Waals surface area contributed by atoms with Gasteiger partial charge in [-0.05, 0) is 31.4 Å². The minimum absolute atomic E-state index is 0.0497. The van der Waals surface area contributed by atoms with Crippen LogP contribution in [0.25, 0.3) is 0 Å². The average Bonchev–Trinajstić information content (AvgIpc) is 2.52. The summed E-state index contributed by atoms with van der Waals surface area (Å²) in [5.74, 6) is 0.492. The molecule has 0 radical (unpaired) electrons. The van der Waals surface area contributed by atoms with Crippen molar-refractivity contribution in [3.63, 3.8) is 0 Å². The van der Waals surface area contributed by atoms with E-state index in [0.717, 1.165) is 12.8 Å². The van der Waals surface area contributed by atoms with Gasteiger partial charge in [-0.3, -0.25) is 9.03 Å². The molecule has 7 nitrogen and oxygen atoms in total. The molecule has 1 aliphatic heterocycles. The van der Waals surface area contributed by atoms with Crippen LogP contribution in [0.2, 0.25) is 0 Å². The summed E-state index contributed by atoms with van der Waals surface area (Å²) in [6, 6.07) is 4.66. The van der Waals surface area contributed by atoms with E-state index in [1.807, 2.05) is 6.92 Å². The standard InChI is InChI=1S/C15H24N2O5S2/c1-3-4-10-23(18,19)16-13-7-8-14(15(12-13)22-2)17-9-5-6-11-24(17,20)21/h7-8,12,16H,3-6,9-11H2,1-2H3. The molecule has 1 aromatic rings. The maximum absolute atomic E-state index is 12.2. The highest BCUT2D eigenvalue weighted by Crippen LogP contribution is 2.35. The van der Waals surface area contributed by atoms with Crippen LogP contribution in [0, 0.1) is 0 Å². The molecule has 2 rings (SSSR count). The number of anilines is 2. The lowest BCUT2D eigenvalue weighted by Crippen LogP contribution is -2.38. The number of nitrogens with one attached hydrogen (secondary N) is 1.